The van der Waals surface area contributed by atoms with Crippen molar-refractivity contribution < 1.29 is 14.9 Å². The SMILES string of the molecule is CCCCCCOC(O)(CC)C(C)O. The summed E-state index contributed by atoms with van der Waals surface area (Å²) in [5, 5.41) is 19.1. The fourth-order valence-electron chi connectivity index (χ4n) is 1.30. The highest BCUT2D eigenvalue weighted by Gasteiger charge is 2.31. The highest BCUT2D eigenvalue weighted by Crippen LogP contribution is 2.17. The van der Waals surface area contributed by atoms with Crippen LogP contribution in [-0.4, -0.2) is 28.7 Å². The quantitative estimate of drug-likeness (QED) is 0.470. The Balaban J connectivity index is 3.63. The van der Waals surface area contributed by atoms with Gasteiger partial charge in [-0.15, -0.1) is 0 Å². The second-order valence-electron chi connectivity index (χ2n) is 3.78. The third-order valence-electron chi connectivity index (χ3n) is 2.51. The van der Waals surface area contributed by atoms with Gasteiger partial charge < -0.3 is 14.9 Å². The van der Waals surface area contributed by atoms with E-state index in [1.165, 1.54) is 12.8 Å². The Labute approximate surface area is 87.1 Å². The Kier molecular flexibility index (Phi) is 7.15. The number of hydrogen-bond donors (Lipinski definition) is 2. The van der Waals surface area contributed by atoms with Crippen LogP contribution in [-0.2, 0) is 4.74 Å². The van der Waals surface area contributed by atoms with Crippen LogP contribution in [0.5, 0.6) is 0 Å². The maximum atomic E-state index is 9.78. The van der Waals surface area contributed by atoms with E-state index >= 15 is 0 Å². The summed E-state index contributed by atoms with van der Waals surface area (Å²) in [5.74, 6) is -1.35. The molecule has 0 amide bonds. The molecule has 0 bridgehead atoms. The van der Waals surface area contributed by atoms with Crippen LogP contribution >= 0.6 is 0 Å². The molecule has 2 unspecified atom stereocenters. The molecule has 0 rings (SSSR count). The van der Waals surface area contributed by atoms with Crippen molar-refractivity contribution in [3.05, 3.63) is 0 Å². The number of hydrogen-bond acceptors (Lipinski definition) is 3. The third kappa shape index (κ3) is 4.94. The lowest BCUT2D eigenvalue weighted by Gasteiger charge is -2.29. The van der Waals surface area contributed by atoms with E-state index in [1.807, 2.05) is 0 Å². The topological polar surface area (TPSA) is 49.7 Å². The Morgan fingerprint density at radius 2 is 1.86 bits per heavy atom. The number of rotatable bonds is 8. The monoisotopic (exact) mass is 204 g/mol. The summed E-state index contributed by atoms with van der Waals surface area (Å²) < 4.78 is 5.29. The molecule has 0 aliphatic heterocycles. The second-order valence-corrected chi connectivity index (χ2v) is 3.78. The average molecular weight is 204 g/mol. The standard InChI is InChI=1S/C11H24O3/c1-4-6-7-8-9-14-11(13,5-2)10(3)12/h10,12-13H,4-9H2,1-3H3. The van der Waals surface area contributed by atoms with Crippen molar-refractivity contribution in [2.45, 2.75) is 64.8 Å². The molecule has 2 N–H and O–H groups in total. The van der Waals surface area contributed by atoms with Crippen molar-refractivity contribution in [2.24, 2.45) is 0 Å². The minimum atomic E-state index is -1.35. The van der Waals surface area contributed by atoms with Crippen LogP contribution < -0.4 is 0 Å². The summed E-state index contributed by atoms with van der Waals surface area (Å²) in [5.41, 5.74) is 0. The Hall–Kier alpha value is -0.120. The van der Waals surface area contributed by atoms with E-state index < -0.39 is 11.9 Å². The second kappa shape index (κ2) is 7.21. The molecule has 14 heavy (non-hydrogen) atoms. The Morgan fingerprint density at radius 3 is 2.29 bits per heavy atom. The predicted octanol–water partition coefficient (Wildman–Crippen LogP) is 2.06. The number of ether oxygens (including phenoxy) is 1. The van der Waals surface area contributed by atoms with Gasteiger partial charge in [0.2, 0.25) is 0 Å². The summed E-state index contributed by atoms with van der Waals surface area (Å²) in [6.07, 6.45) is 4.03. The van der Waals surface area contributed by atoms with Gasteiger partial charge in [0.15, 0.2) is 5.79 Å². The van der Waals surface area contributed by atoms with Crippen LogP contribution in [0.25, 0.3) is 0 Å². The zero-order valence-electron chi connectivity index (χ0n) is 9.62. The fraction of sp³-hybridized carbons (Fsp3) is 1.00. The molecule has 0 aromatic heterocycles. The van der Waals surface area contributed by atoms with E-state index in [0.29, 0.717) is 13.0 Å². The number of aliphatic hydroxyl groups is 2. The first-order valence-electron chi connectivity index (χ1n) is 5.61. The van der Waals surface area contributed by atoms with Gasteiger partial charge >= 0.3 is 0 Å². The van der Waals surface area contributed by atoms with E-state index in [9.17, 15) is 10.2 Å². The van der Waals surface area contributed by atoms with Crippen LogP contribution in [0, 0.1) is 0 Å². The summed E-state index contributed by atoms with van der Waals surface area (Å²) in [7, 11) is 0. The first-order chi connectivity index (χ1) is 6.56. The molecule has 0 fully saturated rings. The zero-order chi connectivity index (χ0) is 11.0. The molecular weight excluding hydrogens is 180 g/mol. The molecule has 86 valence electrons. The van der Waals surface area contributed by atoms with E-state index in [-0.39, 0.29) is 0 Å². The van der Waals surface area contributed by atoms with Crippen LogP contribution in [0.3, 0.4) is 0 Å². The van der Waals surface area contributed by atoms with Crippen LogP contribution in [0.4, 0.5) is 0 Å². The third-order valence-corrected chi connectivity index (χ3v) is 2.51. The minimum Gasteiger partial charge on any atom is -0.388 e. The number of aliphatic hydroxyl groups excluding tert-OH is 1. The van der Waals surface area contributed by atoms with Crippen molar-refractivity contribution in [2.75, 3.05) is 6.61 Å². The zero-order valence-corrected chi connectivity index (χ0v) is 9.62. The molecule has 3 nitrogen and oxygen atoms in total. The molecule has 0 aromatic rings. The Morgan fingerprint density at radius 1 is 1.21 bits per heavy atom. The summed E-state index contributed by atoms with van der Waals surface area (Å²) in [4.78, 5) is 0. The maximum Gasteiger partial charge on any atom is 0.191 e. The normalized spacial score (nSPS) is 17.8. The number of unbranched alkanes of at least 4 members (excludes halogenated alkanes) is 3. The van der Waals surface area contributed by atoms with Gasteiger partial charge in [-0.1, -0.05) is 33.1 Å². The van der Waals surface area contributed by atoms with Gasteiger partial charge in [-0.05, 0) is 13.3 Å². The summed E-state index contributed by atoms with van der Waals surface area (Å²) >= 11 is 0. The lowest BCUT2D eigenvalue weighted by molar-refractivity contribution is -0.253. The van der Waals surface area contributed by atoms with Crippen molar-refractivity contribution in [1.82, 2.24) is 0 Å². The van der Waals surface area contributed by atoms with Crippen molar-refractivity contribution >= 4 is 0 Å². The van der Waals surface area contributed by atoms with Gasteiger partial charge in [0.1, 0.15) is 6.10 Å². The molecule has 0 heterocycles. The molecule has 0 spiro atoms. The lowest BCUT2D eigenvalue weighted by atomic mass is 10.1. The molecule has 0 radical (unpaired) electrons. The molecule has 0 saturated heterocycles. The van der Waals surface area contributed by atoms with E-state index in [4.69, 9.17) is 4.74 Å². The average Bonchev–Trinajstić information content (AvgIpc) is 2.17. The maximum absolute atomic E-state index is 9.78. The molecule has 2 atom stereocenters. The van der Waals surface area contributed by atoms with Gasteiger partial charge in [-0.25, -0.2) is 0 Å². The van der Waals surface area contributed by atoms with Crippen LogP contribution in [0.15, 0.2) is 0 Å². The molecule has 0 saturated carbocycles. The van der Waals surface area contributed by atoms with Crippen LogP contribution in [0.1, 0.15) is 52.9 Å². The first-order valence-corrected chi connectivity index (χ1v) is 5.61. The highest BCUT2D eigenvalue weighted by molar-refractivity contribution is 4.71. The van der Waals surface area contributed by atoms with Gasteiger partial charge in [-0.3, -0.25) is 0 Å². The smallest absolute Gasteiger partial charge is 0.191 e. The lowest BCUT2D eigenvalue weighted by Crippen LogP contribution is -2.42. The van der Waals surface area contributed by atoms with E-state index in [0.717, 1.165) is 12.8 Å². The summed E-state index contributed by atoms with van der Waals surface area (Å²) in [6, 6.07) is 0. The Bertz CT molecular complexity index is 136. The first kappa shape index (κ1) is 13.9. The van der Waals surface area contributed by atoms with Crippen molar-refractivity contribution in [3.8, 4) is 0 Å². The highest BCUT2D eigenvalue weighted by atomic mass is 16.6. The molecule has 3 heteroatoms. The summed E-state index contributed by atoms with van der Waals surface area (Å²) in [6.45, 7) is 6.03. The molecule has 0 aromatic carbocycles. The molecule has 0 aliphatic carbocycles. The predicted molar refractivity (Wildman–Crippen MR) is 57.0 cm³/mol. The van der Waals surface area contributed by atoms with Gasteiger partial charge in [0.25, 0.3) is 0 Å². The molecule has 0 aliphatic rings. The largest absolute Gasteiger partial charge is 0.388 e. The van der Waals surface area contributed by atoms with E-state index in [2.05, 4.69) is 6.92 Å². The fourth-order valence-corrected chi connectivity index (χ4v) is 1.30. The van der Waals surface area contributed by atoms with Gasteiger partial charge in [0.05, 0.1) is 6.61 Å². The minimum absolute atomic E-state index is 0.415. The molecular formula is C11H24O3. The van der Waals surface area contributed by atoms with Crippen molar-refractivity contribution in [1.29, 1.82) is 0 Å². The van der Waals surface area contributed by atoms with Gasteiger partial charge in [0, 0.05) is 6.42 Å². The van der Waals surface area contributed by atoms with E-state index in [1.54, 1.807) is 13.8 Å². The van der Waals surface area contributed by atoms with Crippen LogP contribution in [0.2, 0.25) is 0 Å². The van der Waals surface area contributed by atoms with Crippen molar-refractivity contribution in [3.63, 3.8) is 0 Å². The van der Waals surface area contributed by atoms with Gasteiger partial charge in [-0.2, -0.15) is 0 Å².